The monoisotopic (exact) mass is 210 g/mol. The van der Waals surface area contributed by atoms with Gasteiger partial charge in [-0.1, -0.05) is 6.07 Å². The van der Waals surface area contributed by atoms with Crippen LogP contribution >= 0.6 is 15.9 Å². The third-order valence-corrected chi connectivity index (χ3v) is 2.30. The van der Waals surface area contributed by atoms with Gasteiger partial charge in [0.15, 0.2) is 0 Å². The number of hydrogen-bond acceptors (Lipinski definition) is 1. The van der Waals surface area contributed by atoms with Gasteiger partial charge in [0, 0.05) is 5.69 Å². The summed E-state index contributed by atoms with van der Waals surface area (Å²) in [4.78, 5) is 0. The van der Waals surface area contributed by atoms with Crippen molar-refractivity contribution in [2.45, 2.75) is 6.92 Å². The molecular weight excluding hydrogens is 204 g/mol. The number of hydrogen-bond donors (Lipinski definition) is 0. The second kappa shape index (κ2) is 2.34. The van der Waals surface area contributed by atoms with E-state index < -0.39 is 0 Å². The summed E-state index contributed by atoms with van der Waals surface area (Å²) in [6, 6.07) is 6.09. The number of halogens is 1. The first-order chi connectivity index (χ1) is 5.29. The predicted molar refractivity (Wildman–Crippen MR) is 47.6 cm³/mol. The van der Waals surface area contributed by atoms with Crippen molar-refractivity contribution >= 4 is 21.4 Å². The molecule has 0 unspecified atom stereocenters. The fourth-order valence-corrected chi connectivity index (χ4v) is 1.51. The minimum absolute atomic E-state index is 1.04. The number of aromatic nitrogens is 2. The van der Waals surface area contributed by atoms with Crippen molar-refractivity contribution in [2.75, 3.05) is 0 Å². The largest absolute Gasteiger partial charge is 0.237 e. The average molecular weight is 211 g/mol. The summed E-state index contributed by atoms with van der Waals surface area (Å²) in [5.41, 5.74) is 2.26. The Kier molecular flexibility index (Phi) is 1.46. The Hall–Kier alpha value is -0.830. The number of aryl methyl sites for hydroxylation is 1. The van der Waals surface area contributed by atoms with Crippen LogP contribution in [0.3, 0.4) is 0 Å². The highest BCUT2D eigenvalue weighted by Crippen LogP contribution is 2.17. The molecule has 0 aliphatic carbocycles. The van der Waals surface area contributed by atoms with Crippen LogP contribution in [-0.4, -0.2) is 9.61 Å². The molecule has 56 valence electrons. The van der Waals surface area contributed by atoms with E-state index in [0.29, 0.717) is 0 Å². The summed E-state index contributed by atoms with van der Waals surface area (Å²) in [6.07, 6.45) is 1.81. The van der Waals surface area contributed by atoms with Crippen molar-refractivity contribution in [3.63, 3.8) is 0 Å². The van der Waals surface area contributed by atoms with E-state index in [0.717, 1.165) is 15.7 Å². The zero-order chi connectivity index (χ0) is 7.84. The topological polar surface area (TPSA) is 17.3 Å². The van der Waals surface area contributed by atoms with E-state index in [4.69, 9.17) is 0 Å². The van der Waals surface area contributed by atoms with Gasteiger partial charge in [0.2, 0.25) is 0 Å². The lowest BCUT2D eigenvalue weighted by atomic mass is 10.3. The molecule has 2 aromatic heterocycles. The van der Waals surface area contributed by atoms with Crippen LogP contribution in [0.15, 0.2) is 28.9 Å². The Morgan fingerprint density at radius 1 is 1.45 bits per heavy atom. The van der Waals surface area contributed by atoms with Crippen molar-refractivity contribution in [1.29, 1.82) is 0 Å². The first-order valence-corrected chi connectivity index (χ1v) is 4.17. The Balaban J connectivity index is 2.94. The van der Waals surface area contributed by atoms with Crippen LogP contribution in [0.5, 0.6) is 0 Å². The highest BCUT2D eigenvalue weighted by atomic mass is 79.9. The first-order valence-electron chi connectivity index (χ1n) is 3.38. The summed E-state index contributed by atoms with van der Waals surface area (Å²) in [7, 11) is 0. The van der Waals surface area contributed by atoms with Gasteiger partial charge >= 0.3 is 0 Å². The Morgan fingerprint density at radius 3 is 3.00 bits per heavy atom. The van der Waals surface area contributed by atoms with Gasteiger partial charge < -0.3 is 0 Å². The smallest absolute Gasteiger partial charge is 0.0806 e. The van der Waals surface area contributed by atoms with E-state index in [1.165, 1.54) is 0 Å². The molecule has 2 rings (SSSR count). The Morgan fingerprint density at radius 2 is 2.27 bits per heavy atom. The Bertz CT molecular complexity index is 392. The number of rotatable bonds is 0. The van der Waals surface area contributed by atoms with E-state index in [-0.39, 0.29) is 0 Å². The van der Waals surface area contributed by atoms with Crippen LogP contribution in [-0.2, 0) is 0 Å². The van der Waals surface area contributed by atoms with Gasteiger partial charge in [-0.2, -0.15) is 5.10 Å². The van der Waals surface area contributed by atoms with E-state index in [1.807, 2.05) is 35.8 Å². The summed E-state index contributed by atoms with van der Waals surface area (Å²) < 4.78 is 2.95. The molecule has 0 aliphatic rings. The van der Waals surface area contributed by atoms with Crippen LogP contribution in [0, 0.1) is 6.92 Å². The molecule has 2 nitrogen and oxygen atoms in total. The maximum Gasteiger partial charge on any atom is 0.0806 e. The molecule has 0 radical (unpaired) electrons. The molecule has 0 bridgehead atoms. The van der Waals surface area contributed by atoms with Crippen molar-refractivity contribution in [1.82, 2.24) is 9.61 Å². The minimum atomic E-state index is 1.04. The fourth-order valence-electron chi connectivity index (χ4n) is 1.12. The third kappa shape index (κ3) is 0.959. The first kappa shape index (κ1) is 6.85. The van der Waals surface area contributed by atoms with Crippen molar-refractivity contribution in [2.24, 2.45) is 0 Å². The Labute approximate surface area is 73.0 Å². The second-order valence-corrected chi connectivity index (χ2v) is 3.31. The molecule has 0 saturated heterocycles. The predicted octanol–water partition coefficient (Wildman–Crippen LogP) is 2.41. The van der Waals surface area contributed by atoms with Crippen LogP contribution in [0.4, 0.5) is 0 Å². The molecule has 0 aliphatic heterocycles. The molecular formula is C8H7BrN2. The fraction of sp³-hybridized carbons (Fsp3) is 0.125. The molecule has 11 heavy (non-hydrogen) atoms. The molecule has 2 aromatic rings. The summed E-state index contributed by atoms with van der Waals surface area (Å²) >= 11 is 3.42. The standard InChI is InChI=1S/C8H7BrN2/c1-6-3-2-4-8-7(9)5-10-11(6)8/h2-5H,1H3. The van der Waals surface area contributed by atoms with Gasteiger partial charge in [-0.05, 0) is 35.0 Å². The third-order valence-electron chi connectivity index (χ3n) is 1.69. The highest BCUT2D eigenvalue weighted by molar-refractivity contribution is 9.10. The van der Waals surface area contributed by atoms with Crippen molar-refractivity contribution in [3.05, 3.63) is 34.6 Å². The average Bonchev–Trinajstić information content (AvgIpc) is 2.35. The van der Waals surface area contributed by atoms with Gasteiger partial charge in [0.25, 0.3) is 0 Å². The zero-order valence-electron chi connectivity index (χ0n) is 6.08. The number of nitrogens with zero attached hydrogens (tertiary/aromatic N) is 2. The molecule has 2 heterocycles. The number of pyridine rings is 1. The van der Waals surface area contributed by atoms with Crippen LogP contribution in [0.25, 0.3) is 5.52 Å². The lowest BCUT2D eigenvalue weighted by Crippen LogP contribution is -1.90. The van der Waals surface area contributed by atoms with Gasteiger partial charge in [-0.15, -0.1) is 0 Å². The lowest BCUT2D eigenvalue weighted by molar-refractivity contribution is 0.915. The zero-order valence-corrected chi connectivity index (χ0v) is 7.67. The molecule has 0 aromatic carbocycles. The van der Waals surface area contributed by atoms with E-state index in [9.17, 15) is 0 Å². The number of fused-ring (bicyclic) bond motifs is 1. The second-order valence-electron chi connectivity index (χ2n) is 2.46. The van der Waals surface area contributed by atoms with Crippen LogP contribution in [0.2, 0.25) is 0 Å². The molecule has 0 atom stereocenters. The molecule has 0 fully saturated rings. The normalized spacial score (nSPS) is 10.7. The van der Waals surface area contributed by atoms with E-state index in [2.05, 4.69) is 21.0 Å². The molecule has 0 amide bonds. The minimum Gasteiger partial charge on any atom is -0.237 e. The summed E-state index contributed by atoms with van der Waals surface area (Å²) in [5.74, 6) is 0. The van der Waals surface area contributed by atoms with Crippen LogP contribution in [0.1, 0.15) is 5.69 Å². The van der Waals surface area contributed by atoms with Crippen LogP contribution < -0.4 is 0 Å². The molecule has 0 N–H and O–H groups in total. The van der Waals surface area contributed by atoms with Gasteiger partial charge in [-0.3, -0.25) is 0 Å². The summed E-state index contributed by atoms with van der Waals surface area (Å²) in [6.45, 7) is 2.03. The van der Waals surface area contributed by atoms with E-state index >= 15 is 0 Å². The summed E-state index contributed by atoms with van der Waals surface area (Å²) in [5, 5.41) is 4.19. The SMILES string of the molecule is Cc1cccc2c(Br)cnn12. The lowest BCUT2D eigenvalue weighted by Gasteiger charge is -1.96. The quantitative estimate of drug-likeness (QED) is 0.653. The van der Waals surface area contributed by atoms with Crippen molar-refractivity contribution in [3.8, 4) is 0 Å². The van der Waals surface area contributed by atoms with Gasteiger partial charge in [0.05, 0.1) is 16.2 Å². The van der Waals surface area contributed by atoms with Crippen molar-refractivity contribution < 1.29 is 0 Å². The maximum atomic E-state index is 4.19. The van der Waals surface area contributed by atoms with Gasteiger partial charge in [0.1, 0.15) is 0 Å². The highest BCUT2D eigenvalue weighted by Gasteiger charge is 1.99. The molecule has 3 heteroatoms. The molecule has 0 spiro atoms. The molecule has 0 saturated carbocycles. The van der Waals surface area contributed by atoms with E-state index in [1.54, 1.807) is 0 Å². The maximum absolute atomic E-state index is 4.19. The van der Waals surface area contributed by atoms with Gasteiger partial charge in [-0.25, -0.2) is 4.52 Å².